The Hall–Kier alpha value is -1.79. The zero-order valence-corrected chi connectivity index (χ0v) is 15.1. The van der Waals surface area contributed by atoms with Crippen molar-refractivity contribution in [3.63, 3.8) is 0 Å². The van der Waals surface area contributed by atoms with Gasteiger partial charge in [0.2, 0.25) is 0 Å². The van der Waals surface area contributed by atoms with Gasteiger partial charge in [-0.25, -0.2) is 0 Å². The Morgan fingerprint density at radius 2 is 2.00 bits per heavy atom. The van der Waals surface area contributed by atoms with Crippen molar-refractivity contribution < 1.29 is 10.2 Å². The van der Waals surface area contributed by atoms with Gasteiger partial charge in [-0.15, -0.1) is 0 Å². The average molecular weight is 390 g/mol. The molecule has 2 aromatic heterocycles. The smallest absolute Gasteiger partial charge is 0.199 e. The van der Waals surface area contributed by atoms with Crippen LogP contribution in [0.25, 0.3) is 6.08 Å². The lowest BCUT2D eigenvalue weighted by atomic mass is 9.99. The molecule has 2 unspecified atom stereocenters. The number of rotatable bonds is 2. The van der Waals surface area contributed by atoms with Crippen LogP contribution in [0.5, 0.6) is 11.8 Å². The Kier molecular flexibility index (Phi) is 3.89. The van der Waals surface area contributed by atoms with E-state index in [2.05, 4.69) is 31.9 Å². The molecule has 2 aromatic rings. The molecule has 0 amide bonds. The Morgan fingerprint density at radius 3 is 2.75 bits per heavy atom. The van der Waals surface area contributed by atoms with Crippen molar-refractivity contribution >= 4 is 22.0 Å². The van der Waals surface area contributed by atoms with E-state index in [4.69, 9.17) is 0 Å². The third kappa shape index (κ3) is 2.36. The lowest BCUT2D eigenvalue weighted by molar-refractivity contribution is 0.138. The van der Waals surface area contributed by atoms with Crippen LogP contribution in [-0.2, 0) is 7.05 Å². The van der Waals surface area contributed by atoms with Crippen molar-refractivity contribution in [1.82, 2.24) is 14.5 Å². The van der Waals surface area contributed by atoms with E-state index in [1.807, 2.05) is 18.2 Å². The average Bonchev–Trinajstić information content (AvgIpc) is 3.04. The Balaban J connectivity index is 1.74. The monoisotopic (exact) mass is 389 g/mol. The predicted molar refractivity (Wildman–Crippen MR) is 95.8 cm³/mol. The minimum Gasteiger partial charge on any atom is -0.494 e. The molecule has 2 aliphatic rings. The molecule has 6 heteroatoms. The maximum Gasteiger partial charge on any atom is 0.199 e. The number of nitrogens with zero attached hydrogens (tertiary/aromatic N) is 3. The molecule has 0 aromatic carbocycles. The lowest BCUT2D eigenvalue weighted by Crippen LogP contribution is -2.30. The van der Waals surface area contributed by atoms with Crippen LogP contribution in [0.4, 0.5) is 0 Å². The molecule has 2 atom stereocenters. The van der Waals surface area contributed by atoms with Crippen molar-refractivity contribution in [2.24, 2.45) is 7.05 Å². The van der Waals surface area contributed by atoms with Gasteiger partial charge < -0.3 is 10.2 Å². The van der Waals surface area contributed by atoms with Gasteiger partial charge in [-0.1, -0.05) is 12.5 Å². The SMILES string of the molecule is Cn1c(O)c2c(c1O)C1CCCCN1C2/C=C/c1ccc(Br)cn1. The first-order chi connectivity index (χ1) is 11.6. The molecule has 0 spiro atoms. The van der Waals surface area contributed by atoms with E-state index in [9.17, 15) is 10.2 Å². The maximum absolute atomic E-state index is 10.5. The van der Waals surface area contributed by atoms with Crippen LogP contribution in [0.1, 0.15) is 48.2 Å². The van der Waals surface area contributed by atoms with Crippen LogP contribution in [0.2, 0.25) is 0 Å². The molecule has 4 heterocycles. The van der Waals surface area contributed by atoms with Gasteiger partial charge in [-0.3, -0.25) is 14.5 Å². The van der Waals surface area contributed by atoms with Crippen LogP contribution in [0.3, 0.4) is 0 Å². The van der Waals surface area contributed by atoms with Crippen molar-refractivity contribution in [3.8, 4) is 11.8 Å². The number of aromatic nitrogens is 2. The van der Waals surface area contributed by atoms with Gasteiger partial charge in [0.15, 0.2) is 11.8 Å². The number of hydrogen-bond acceptors (Lipinski definition) is 4. The number of hydrogen-bond donors (Lipinski definition) is 2. The Labute approximate surface area is 149 Å². The van der Waals surface area contributed by atoms with E-state index >= 15 is 0 Å². The molecular weight excluding hydrogens is 370 g/mol. The molecule has 1 fully saturated rings. The third-order valence-electron chi connectivity index (χ3n) is 5.14. The summed E-state index contributed by atoms with van der Waals surface area (Å²) in [6, 6.07) is 4.07. The summed E-state index contributed by atoms with van der Waals surface area (Å²) >= 11 is 3.39. The van der Waals surface area contributed by atoms with Gasteiger partial charge in [-0.05, 0) is 53.5 Å². The number of piperidine rings is 1. The van der Waals surface area contributed by atoms with Crippen molar-refractivity contribution in [1.29, 1.82) is 0 Å². The highest BCUT2D eigenvalue weighted by atomic mass is 79.9. The molecule has 126 valence electrons. The fraction of sp³-hybridized carbons (Fsp3) is 0.389. The molecule has 2 aliphatic heterocycles. The minimum atomic E-state index is -0.0251. The molecule has 0 radical (unpaired) electrons. The second kappa shape index (κ2) is 5.93. The molecule has 0 saturated carbocycles. The van der Waals surface area contributed by atoms with E-state index in [0.717, 1.165) is 47.1 Å². The number of fused-ring (bicyclic) bond motifs is 3. The van der Waals surface area contributed by atoms with Gasteiger partial charge in [0.1, 0.15) is 0 Å². The quantitative estimate of drug-likeness (QED) is 0.817. The van der Waals surface area contributed by atoms with Crippen LogP contribution < -0.4 is 0 Å². The van der Waals surface area contributed by atoms with E-state index in [-0.39, 0.29) is 23.8 Å². The second-order valence-corrected chi connectivity index (χ2v) is 7.40. The largest absolute Gasteiger partial charge is 0.494 e. The third-order valence-corrected chi connectivity index (χ3v) is 5.61. The van der Waals surface area contributed by atoms with Gasteiger partial charge in [0.05, 0.1) is 11.7 Å². The summed E-state index contributed by atoms with van der Waals surface area (Å²) in [6.07, 6.45) is 9.16. The fourth-order valence-electron chi connectivity index (χ4n) is 3.97. The van der Waals surface area contributed by atoms with Crippen LogP contribution in [0.15, 0.2) is 28.9 Å². The normalized spacial score (nSPS) is 23.6. The van der Waals surface area contributed by atoms with Crippen molar-refractivity contribution in [2.75, 3.05) is 6.54 Å². The zero-order valence-electron chi connectivity index (χ0n) is 13.5. The van der Waals surface area contributed by atoms with Gasteiger partial charge >= 0.3 is 0 Å². The van der Waals surface area contributed by atoms with Gasteiger partial charge in [-0.2, -0.15) is 0 Å². The minimum absolute atomic E-state index is 0.0251. The first-order valence-electron chi connectivity index (χ1n) is 8.24. The molecule has 5 nitrogen and oxygen atoms in total. The molecule has 0 bridgehead atoms. The number of halogens is 1. The highest BCUT2D eigenvalue weighted by Crippen LogP contribution is 2.54. The second-order valence-electron chi connectivity index (χ2n) is 6.49. The number of aromatic hydroxyl groups is 2. The molecule has 4 rings (SSSR count). The molecule has 24 heavy (non-hydrogen) atoms. The summed E-state index contributed by atoms with van der Waals surface area (Å²) in [5.74, 6) is 0.354. The molecule has 0 aliphatic carbocycles. The highest BCUT2D eigenvalue weighted by Gasteiger charge is 2.44. The zero-order chi connectivity index (χ0) is 16.8. The van der Waals surface area contributed by atoms with Crippen molar-refractivity contribution in [2.45, 2.75) is 31.3 Å². The summed E-state index contributed by atoms with van der Waals surface area (Å²) in [4.78, 5) is 6.75. The molecule has 2 N–H and O–H groups in total. The van der Waals surface area contributed by atoms with E-state index in [1.54, 1.807) is 13.2 Å². The number of pyridine rings is 1. The van der Waals surface area contributed by atoms with Crippen LogP contribution in [0, 0.1) is 0 Å². The predicted octanol–water partition coefficient (Wildman–Crippen LogP) is 3.89. The molecular formula is C18H20BrN3O2. The van der Waals surface area contributed by atoms with E-state index in [1.165, 1.54) is 4.57 Å². The van der Waals surface area contributed by atoms with Crippen molar-refractivity contribution in [3.05, 3.63) is 45.7 Å². The van der Waals surface area contributed by atoms with Gasteiger partial charge in [0.25, 0.3) is 0 Å². The van der Waals surface area contributed by atoms with E-state index < -0.39 is 0 Å². The highest BCUT2D eigenvalue weighted by molar-refractivity contribution is 9.10. The van der Waals surface area contributed by atoms with E-state index in [0.29, 0.717) is 0 Å². The maximum atomic E-state index is 10.5. The topological polar surface area (TPSA) is 61.5 Å². The van der Waals surface area contributed by atoms with Crippen LogP contribution in [-0.4, -0.2) is 31.2 Å². The standard InChI is InChI=1S/C18H20BrN3O2/c1-21-17(23)15-13-4-2-3-9-22(13)14(16(15)18(21)24)8-7-12-6-5-11(19)10-20-12/h5-8,10,13-14,23-24H,2-4,9H2,1H3/b8-7+. The first-order valence-corrected chi connectivity index (χ1v) is 9.03. The Bertz CT molecular complexity index is 798. The summed E-state index contributed by atoms with van der Waals surface area (Å²) < 4.78 is 2.43. The Morgan fingerprint density at radius 1 is 1.21 bits per heavy atom. The first kappa shape index (κ1) is 15.7. The summed E-state index contributed by atoms with van der Waals surface area (Å²) in [5.41, 5.74) is 2.61. The fourth-order valence-corrected chi connectivity index (χ4v) is 4.20. The summed E-state index contributed by atoms with van der Waals surface area (Å²) in [5, 5.41) is 21.0. The summed E-state index contributed by atoms with van der Waals surface area (Å²) in [6.45, 7) is 0.977. The molecule has 1 saturated heterocycles. The lowest BCUT2D eigenvalue weighted by Gasteiger charge is -2.33. The van der Waals surface area contributed by atoms with Gasteiger partial charge in [0, 0.05) is 34.9 Å². The summed E-state index contributed by atoms with van der Waals surface area (Å²) in [7, 11) is 1.70. The van der Waals surface area contributed by atoms with Crippen LogP contribution >= 0.6 is 15.9 Å².